The molecular formula is C24H29N3O2S. The molecule has 4 rings (SSSR count). The highest BCUT2D eigenvalue weighted by molar-refractivity contribution is 7.09. The highest BCUT2D eigenvalue weighted by Gasteiger charge is 2.28. The fourth-order valence-electron chi connectivity index (χ4n) is 4.00. The van der Waals surface area contributed by atoms with E-state index in [1.54, 1.807) is 16.2 Å². The van der Waals surface area contributed by atoms with Crippen molar-refractivity contribution < 1.29 is 9.53 Å². The Labute approximate surface area is 181 Å². The molecule has 3 aromatic rings. The van der Waals surface area contributed by atoms with E-state index in [0.717, 1.165) is 12.8 Å². The maximum absolute atomic E-state index is 12.3. The number of likely N-dealkylation sites (tertiary alicyclic amines) is 1. The molecule has 158 valence electrons. The van der Waals surface area contributed by atoms with Crippen molar-refractivity contribution in [3.8, 4) is 0 Å². The van der Waals surface area contributed by atoms with Crippen molar-refractivity contribution in [1.29, 1.82) is 5.41 Å². The molecule has 1 fully saturated rings. The molecule has 2 aromatic carbocycles. The summed E-state index contributed by atoms with van der Waals surface area (Å²) in [5.41, 5.74) is 0.769. The van der Waals surface area contributed by atoms with Gasteiger partial charge in [0.15, 0.2) is 4.80 Å². The van der Waals surface area contributed by atoms with Gasteiger partial charge in [-0.2, -0.15) is 0 Å². The van der Waals surface area contributed by atoms with E-state index in [4.69, 9.17) is 10.1 Å². The SMILES string of the molecule is CC(C)(C)OC(=O)N1CCC(c2cn(Cc3cccc4ccccc34)c(=N)s2)CC1. The Morgan fingerprint density at radius 3 is 2.57 bits per heavy atom. The fraction of sp³-hybridized carbons (Fsp3) is 0.417. The van der Waals surface area contributed by atoms with Crippen LogP contribution in [-0.2, 0) is 11.3 Å². The van der Waals surface area contributed by atoms with Crippen molar-refractivity contribution in [2.45, 2.75) is 51.7 Å². The number of hydrogen-bond donors (Lipinski definition) is 1. The molecule has 6 heteroatoms. The molecule has 0 radical (unpaired) electrons. The monoisotopic (exact) mass is 423 g/mol. The summed E-state index contributed by atoms with van der Waals surface area (Å²) >= 11 is 1.56. The Kier molecular flexibility index (Phi) is 5.69. The normalized spacial score (nSPS) is 15.5. The summed E-state index contributed by atoms with van der Waals surface area (Å²) in [6.45, 7) is 7.80. The van der Waals surface area contributed by atoms with Gasteiger partial charge in [-0.15, -0.1) is 11.3 Å². The van der Waals surface area contributed by atoms with Gasteiger partial charge in [0.1, 0.15) is 5.60 Å². The number of nitrogens with zero attached hydrogens (tertiary/aromatic N) is 2. The zero-order chi connectivity index (χ0) is 21.3. The molecule has 1 aliphatic rings. The molecule has 2 heterocycles. The average Bonchev–Trinajstić information content (AvgIpc) is 3.07. The Morgan fingerprint density at radius 1 is 1.13 bits per heavy atom. The quantitative estimate of drug-likeness (QED) is 0.618. The lowest BCUT2D eigenvalue weighted by Crippen LogP contribution is -2.41. The van der Waals surface area contributed by atoms with Crippen LogP contribution in [0.1, 0.15) is 50.0 Å². The van der Waals surface area contributed by atoms with Gasteiger partial charge in [0.2, 0.25) is 0 Å². The minimum atomic E-state index is -0.463. The maximum Gasteiger partial charge on any atom is 0.410 e. The minimum absolute atomic E-state index is 0.223. The molecule has 1 N–H and O–H groups in total. The van der Waals surface area contributed by atoms with Crippen LogP contribution < -0.4 is 4.80 Å². The molecule has 0 bridgehead atoms. The van der Waals surface area contributed by atoms with Crippen LogP contribution in [0.2, 0.25) is 0 Å². The molecule has 0 spiro atoms. The first-order valence-electron chi connectivity index (χ1n) is 10.5. The summed E-state index contributed by atoms with van der Waals surface area (Å²) in [5.74, 6) is 0.395. The molecule has 0 atom stereocenters. The highest BCUT2D eigenvalue weighted by Crippen LogP contribution is 2.30. The number of fused-ring (bicyclic) bond motifs is 1. The van der Waals surface area contributed by atoms with Crippen molar-refractivity contribution in [3.63, 3.8) is 0 Å². The van der Waals surface area contributed by atoms with Gasteiger partial charge in [-0.25, -0.2) is 4.79 Å². The first kappa shape index (κ1) is 20.7. The van der Waals surface area contributed by atoms with Crippen molar-refractivity contribution in [3.05, 3.63) is 63.9 Å². The number of piperidine rings is 1. The van der Waals surface area contributed by atoms with Crippen LogP contribution in [0.3, 0.4) is 0 Å². The van der Waals surface area contributed by atoms with Gasteiger partial charge in [0.25, 0.3) is 0 Å². The number of carbonyl (C=O) groups excluding carboxylic acids is 1. The molecule has 0 unspecified atom stereocenters. The number of benzene rings is 2. The Hall–Kier alpha value is -2.60. The maximum atomic E-state index is 12.3. The molecule has 1 aliphatic heterocycles. The Balaban J connectivity index is 1.45. The lowest BCUT2D eigenvalue weighted by atomic mass is 9.96. The van der Waals surface area contributed by atoms with Crippen LogP contribution in [0.5, 0.6) is 0 Å². The Morgan fingerprint density at radius 2 is 1.83 bits per heavy atom. The van der Waals surface area contributed by atoms with Crippen molar-refractivity contribution in [1.82, 2.24) is 9.47 Å². The van der Waals surface area contributed by atoms with E-state index >= 15 is 0 Å². The number of rotatable bonds is 3. The summed E-state index contributed by atoms with van der Waals surface area (Å²) in [6.07, 6.45) is 3.74. The topological polar surface area (TPSA) is 58.3 Å². The average molecular weight is 424 g/mol. The van der Waals surface area contributed by atoms with E-state index in [0.29, 0.717) is 30.4 Å². The Bertz CT molecular complexity index is 1100. The molecule has 1 amide bonds. The molecule has 0 aliphatic carbocycles. The number of thiazole rings is 1. The van der Waals surface area contributed by atoms with E-state index in [9.17, 15) is 4.79 Å². The molecule has 0 saturated carbocycles. The standard InChI is InChI=1S/C24H29N3O2S/c1-24(2,3)29-23(28)26-13-11-18(12-14-26)21-16-27(22(25)30-21)15-19-9-6-8-17-7-4-5-10-20(17)19/h4-10,16,18,25H,11-15H2,1-3H3. The lowest BCUT2D eigenvalue weighted by Gasteiger charge is -2.33. The van der Waals surface area contributed by atoms with Crippen LogP contribution in [0.4, 0.5) is 4.79 Å². The largest absolute Gasteiger partial charge is 0.444 e. The van der Waals surface area contributed by atoms with Crippen LogP contribution in [0.25, 0.3) is 10.8 Å². The van der Waals surface area contributed by atoms with E-state index < -0.39 is 5.60 Å². The lowest BCUT2D eigenvalue weighted by molar-refractivity contribution is 0.0205. The first-order chi connectivity index (χ1) is 14.3. The predicted molar refractivity (Wildman–Crippen MR) is 121 cm³/mol. The third kappa shape index (κ3) is 4.59. The van der Waals surface area contributed by atoms with Gasteiger partial charge in [0.05, 0.1) is 6.54 Å². The van der Waals surface area contributed by atoms with Crippen LogP contribution in [0.15, 0.2) is 48.7 Å². The number of nitrogens with one attached hydrogen (secondary N) is 1. The van der Waals surface area contributed by atoms with E-state index in [-0.39, 0.29) is 6.09 Å². The molecule has 1 aromatic heterocycles. The fourth-order valence-corrected chi connectivity index (χ4v) is 5.04. The van der Waals surface area contributed by atoms with Gasteiger partial charge in [-0.1, -0.05) is 42.5 Å². The summed E-state index contributed by atoms with van der Waals surface area (Å²) in [4.78, 5) is 15.9. The summed E-state index contributed by atoms with van der Waals surface area (Å²) in [7, 11) is 0. The van der Waals surface area contributed by atoms with E-state index in [1.807, 2.05) is 25.3 Å². The van der Waals surface area contributed by atoms with Crippen LogP contribution in [-0.4, -0.2) is 34.3 Å². The van der Waals surface area contributed by atoms with Crippen molar-refractivity contribution in [2.75, 3.05) is 13.1 Å². The van der Waals surface area contributed by atoms with E-state index in [1.165, 1.54) is 21.2 Å². The number of ether oxygens (including phenoxy) is 1. The van der Waals surface area contributed by atoms with Gasteiger partial charge >= 0.3 is 6.09 Å². The third-order valence-electron chi connectivity index (χ3n) is 5.53. The second kappa shape index (κ2) is 8.26. The summed E-state index contributed by atoms with van der Waals surface area (Å²) in [6, 6.07) is 14.8. The zero-order valence-electron chi connectivity index (χ0n) is 17.9. The smallest absolute Gasteiger partial charge is 0.410 e. The van der Waals surface area contributed by atoms with Gasteiger partial charge in [-0.3, -0.25) is 5.41 Å². The van der Waals surface area contributed by atoms with E-state index in [2.05, 4.69) is 48.7 Å². The number of aromatic nitrogens is 1. The number of hydrogen-bond acceptors (Lipinski definition) is 4. The van der Waals surface area contributed by atoms with Crippen LogP contribution >= 0.6 is 11.3 Å². The molecule has 30 heavy (non-hydrogen) atoms. The van der Waals surface area contributed by atoms with Crippen LogP contribution in [0, 0.1) is 5.41 Å². The molecular weight excluding hydrogens is 394 g/mol. The zero-order valence-corrected chi connectivity index (χ0v) is 18.7. The van der Waals surface area contributed by atoms with Gasteiger partial charge < -0.3 is 14.2 Å². The van der Waals surface area contributed by atoms with Gasteiger partial charge in [0, 0.05) is 24.2 Å². The molecule has 1 saturated heterocycles. The van der Waals surface area contributed by atoms with Crippen molar-refractivity contribution >= 4 is 28.2 Å². The predicted octanol–water partition coefficient (Wildman–Crippen LogP) is 5.35. The second-order valence-corrected chi connectivity index (χ2v) is 10.0. The molecule has 5 nitrogen and oxygen atoms in total. The first-order valence-corrected chi connectivity index (χ1v) is 11.3. The minimum Gasteiger partial charge on any atom is -0.444 e. The van der Waals surface area contributed by atoms with Gasteiger partial charge in [-0.05, 0) is 55.9 Å². The summed E-state index contributed by atoms with van der Waals surface area (Å²) < 4.78 is 7.54. The number of amides is 1. The highest BCUT2D eigenvalue weighted by atomic mass is 32.1. The number of carbonyl (C=O) groups is 1. The summed E-state index contributed by atoms with van der Waals surface area (Å²) in [5, 5.41) is 10.9. The third-order valence-corrected chi connectivity index (χ3v) is 6.63. The van der Waals surface area contributed by atoms with Crippen molar-refractivity contribution in [2.24, 2.45) is 0 Å². The second-order valence-electron chi connectivity index (χ2n) is 8.95.